The fraction of sp³-hybridized carbons (Fsp3) is 0.562. The molecule has 3 N–H and O–H groups in total. The second-order valence-corrected chi connectivity index (χ2v) is 6.91. The van der Waals surface area contributed by atoms with E-state index in [-0.39, 0.29) is 6.61 Å². The summed E-state index contributed by atoms with van der Waals surface area (Å²) in [4.78, 5) is 0. The van der Waals surface area contributed by atoms with Gasteiger partial charge in [-0.25, -0.2) is 0 Å². The van der Waals surface area contributed by atoms with Gasteiger partial charge >= 0.3 is 0 Å². The maximum atomic E-state index is 10.2. The molecule has 0 aliphatic heterocycles. The molecule has 1 unspecified atom stereocenters. The largest absolute Gasteiger partial charge is 0.488 e. The molecule has 4 nitrogen and oxygen atoms in total. The minimum absolute atomic E-state index is 0.118. The van der Waals surface area contributed by atoms with E-state index >= 15 is 0 Å². The Morgan fingerprint density at radius 2 is 2.29 bits per heavy atom. The third-order valence-electron chi connectivity index (χ3n) is 4.28. The van der Waals surface area contributed by atoms with Crippen LogP contribution in [0.2, 0.25) is 0 Å². The molecular weight excluding hydrogens is 284 g/mol. The maximum Gasteiger partial charge on any atom is 0.147 e. The minimum Gasteiger partial charge on any atom is -0.488 e. The monoisotopic (exact) mass is 306 g/mol. The van der Waals surface area contributed by atoms with Crippen LogP contribution in [-0.2, 0) is 0 Å². The van der Waals surface area contributed by atoms with E-state index in [1.165, 1.54) is 37.2 Å². The Balaban J connectivity index is 1.51. The molecule has 0 bridgehead atoms. The second-order valence-electron chi connectivity index (χ2n) is 6.08. The van der Waals surface area contributed by atoms with Crippen molar-refractivity contribution < 1.29 is 9.84 Å². The molecule has 1 heterocycles. The zero-order valence-electron chi connectivity index (χ0n) is 12.1. The number of benzene rings is 1. The van der Waals surface area contributed by atoms with Gasteiger partial charge in [-0.3, -0.25) is 0 Å². The highest BCUT2D eigenvalue weighted by atomic mass is 32.1. The zero-order chi connectivity index (χ0) is 14.7. The van der Waals surface area contributed by atoms with Crippen LogP contribution in [0.15, 0.2) is 24.4 Å². The van der Waals surface area contributed by atoms with Crippen LogP contribution in [0.4, 0.5) is 0 Å². The molecule has 114 valence electrons. The fourth-order valence-electron chi connectivity index (χ4n) is 2.75. The topological polar surface area (TPSA) is 68.4 Å². The first-order valence-corrected chi connectivity index (χ1v) is 8.39. The van der Waals surface area contributed by atoms with E-state index in [4.69, 9.17) is 10.5 Å². The van der Waals surface area contributed by atoms with Crippen LogP contribution in [0.1, 0.15) is 38.5 Å². The Morgan fingerprint density at radius 3 is 3.05 bits per heavy atom. The van der Waals surface area contributed by atoms with Crippen molar-refractivity contribution in [3.05, 3.63) is 24.4 Å². The summed E-state index contributed by atoms with van der Waals surface area (Å²) in [6.07, 6.45) is 8.55. The third kappa shape index (κ3) is 3.73. The second kappa shape index (κ2) is 6.30. The number of hydrogen-bond acceptors (Lipinski definition) is 5. The van der Waals surface area contributed by atoms with Crippen LogP contribution in [0, 0.1) is 5.92 Å². The van der Waals surface area contributed by atoms with Crippen LogP contribution >= 0.6 is 11.5 Å². The SMILES string of the molecule is NC(O)(CCCC1CCC1)COc1cccc2sncc12. The van der Waals surface area contributed by atoms with Gasteiger partial charge in [-0.1, -0.05) is 31.7 Å². The first-order chi connectivity index (χ1) is 10.1. The van der Waals surface area contributed by atoms with Gasteiger partial charge in [0.05, 0.1) is 16.3 Å². The Kier molecular flexibility index (Phi) is 4.42. The summed E-state index contributed by atoms with van der Waals surface area (Å²) in [6.45, 7) is 0.118. The number of nitrogens with zero attached hydrogens (tertiary/aromatic N) is 1. The summed E-state index contributed by atoms with van der Waals surface area (Å²) in [5, 5.41) is 11.2. The van der Waals surface area contributed by atoms with E-state index in [0.717, 1.165) is 28.2 Å². The summed E-state index contributed by atoms with van der Waals surface area (Å²) < 4.78 is 11.0. The fourth-order valence-corrected chi connectivity index (χ4v) is 3.41. The summed E-state index contributed by atoms with van der Waals surface area (Å²) in [6, 6.07) is 5.83. The number of aliphatic hydroxyl groups is 1. The molecule has 2 aromatic rings. The van der Waals surface area contributed by atoms with E-state index in [0.29, 0.717) is 6.42 Å². The highest BCUT2D eigenvalue weighted by Crippen LogP contribution is 2.32. The van der Waals surface area contributed by atoms with Gasteiger partial charge in [0, 0.05) is 0 Å². The third-order valence-corrected chi connectivity index (χ3v) is 5.05. The molecule has 5 heteroatoms. The Hall–Kier alpha value is -1.17. The molecule has 0 radical (unpaired) electrons. The average molecular weight is 306 g/mol. The van der Waals surface area contributed by atoms with Gasteiger partial charge in [0.15, 0.2) is 0 Å². The van der Waals surface area contributed by atoms with Crippen LogP contribution in [0.5, 0.6) is 5.75 Å². The van der Waals surface area contributed by atoms with Gasteiger partial charge in [0.1, 0.15) is 18.1 Å². The van der Waals surface area contributed by atoms with E-state index < -0.39 is 5.72 Å². The molecule has 1 saturated carbocycles. The molecule has 3 rings (SSSR count). The predicted molar refractivity (Wildman–Crippen MR) is 85.4 cm³/mol. The van der Waals surface area contributed by atoms with Crippen molar-refractivity contribution in [2.45, 2.75) is 44.2 Å². The number of rotatable bonds is 7. The van der Waals surface area contributed by atoms with Crippen molar-refractivity contribution in [1.82, 2.24) is 4.37 Å². The number of fused-ring (bicyclic) bond motifs is 1. The van der Waals surface area contributed by atoms with Crippen molar-refractivity contribution in [1.29, 1.82) is 0 Å². The first-order valence-electron chi connectivity index (χ1n) is 7.61. The summed E-state index contributed by atoms with van der Waals surface area (Å²) in [5.41, 5.74) is 4.69. The van der Waals surface area contributed by atoms with Crippen LogP contribution in [0.25, 0.3) is 10.1 Å². The van der Waals surface area contributed by atoms with Crippen molar-refractivity contribution in [2.24, 2.45) is 11.7 Å². The maximum absolute atomic E-state index is 10.2. The molecule has 1 aromatic heterocycles. The molecule has 1 fully saturated rings. The van der Waals surface area contributed by atoms with Crippen molar-refractivity contribution in [3.8, 4) is 5.75 Å². The Bertz CT molecular complexity index is 593. The van der Waals surface area contributed by atoms with Crippen LogP contribution < -0.4 is 10.5 Å². The molecule has 1 aliphatic carbocycles. The number of ether oxygens (including phenoxy) is 1. The summed E-state index contributed by atoms with van der Waals surface area (Å²) >= 11 is 1.44. The molecule has 21 heavy (non-hydrogen) atoms. The number of aromatic nitrogens is 1. The zero-order valence-corrected chi connectivity index (χ0v) is 12.9. The molecule has 0 amide bonds. The number of nitrogens with two attached hydrogens (primary N) is 1. The van der Waals surface area contributed by atoms with E-state index in [1.807, 2.05) is 18.2 Å². The predicted octanol–water partition coefficient (Wildman–Crippen LogP) is 3.29. The Labute approximate surface area is 129 Å². The molecule has 0 spiro atoms. The lowest BCUT2D eigenvalue weighted by Gasteiger charge is -2.28. The summed E-state index contributed by atoms with van der Waals surface area (Å²) in [7, 11) is 0. The van der Waals surface area contributed by atoms with E-state index in [9.17, 15) is 5.11 Å². The average Bonchev–Trinajstić information content (AvgIpc) is 2.88. The number of hydrogen-bond donors (Lipinski definition) is 2. The van der Waals surface area contributed by atoms with Gasteiger partial charge in [-0.15, -0.1) is 0 Å². The standard InChI is InChI=1S/C16H22N2O2S/c17-16(19,9-3-6-12-4-1-5-12)11-20-14-7-2-8-15-13(14)10-18-21-15/h2,7-8,10,12,19H,1,3-6,9,11,17H2. The van der Waals surface area contributed by atoms with Gasteiger partial charge < -0.3 is 15.6 Å². The molecular formula is C16H22N2O2S. The molecule has 1 atom stereocenters. The molecule has 1 aromatic carbocycles. The molecule has 1 aliphatic rings. The quantitative estimate of drug-likeness (QED) is 0.770. The highest BCUT2D eigenvalue weighted by molar-refractivity contribution is 7.13. The highest BCUT2D eigenvalue weighted by Gasteiger charge is 2.24. The van der Waals surface area contributed by atoms with Crippen molar-refractivity contribution in [3.63, 3.8) is 0 Å². The van der Waals surface area contributed by atoms with E-state index in [2.05, 4.69) is 4.37 Å². The van der Waals surface area contributed by atoms with Gasteiger partial charge in [0.2, 0.25) is 0 Å². The van der Waals surface area contributed by atoms with Crippen LogP contribution in [-0.4, -0.2) is 21.8 Å². The van der Waals surface area contributed by atoms with Gasteiger partial charge in [-0.2, -0.15) is 4.37 Å². The minimum atomic E-state index is -1.25. The van der Waals surface area contributed by atoms with Crippen LogP contribution in [0.3, 0.4) is 0 Å². The summed E-state index contributed by atoms with van der Waals surface area (Å²) in [5.74, 6) is 1.59. The lowest BCUT2D eigenvalue weighted by atomic mass is 9.81. The first kappa shape index (κ1) is 14.8. The lowest BCUT2D eigenvalue weighted by molar-refractivity contribution is -0.00957. The van der Waals surface area contributed by atoms with Gasteiger partial charge in [0.25, 0.3) is 0 Å². The Morgan fingerprint density at radius 1 is 1.43 bits per heavy atom. The molecule has 0 saturated heterocycles. The lowest BCUT2D eigenvalue weighted by Crippen LogP contribution is -2.45. The smallest absolute Gasteiger partial charge is 0.147 e. The van der Waals surface area contributed by atoms with Crippen molar-refractivity contribution in [2.75, 3.05) is 6.61 Å². The van der Waals surface area contributed by atoms with Gasteiger partial charge in [-0.05, 0) is 42.4 Å². The van der Waals surface area contributed by atoms with E-state index in [1.54, 1.807) is 6.20 Å². The normalized spacial score (nSPS) is 18.4. The van der Waals surface area contributed by atoms with Crippen molar-refractivity contribution >= 4 is 21.6 Å².